The minimum atomic E-state index is -0.640. The summed E-state index contributed by atoms with van der Waals surface area (Å²) in [6, 6.07) is -0.640. The fourth-order valence-corrected chi connectivity index (χ4v) is 2.69. The molecule has 5 heteroatoms. The first kappa shape index (κ1) is 17.0. The second-order valence-electron chi connectivity index (χ2n) is 6.30. The maximum atomic E-state index is 12.1. The second kappa shape index (κ2) is 7.62. The Bertz CT molecular complexity index is 344. The van der Waals surface area contributed by atoms with Gasteiger partial charge in [-0.15, -0.1) is 0 Å². The molecule has 0 aromatic heterocycles. The molecule has 0 bridgehead atoms. The van der Waals surface area contributed by atoms with Gasteiger partial charge in [0.25, 0.3) is 0 Å². The number of nitrogens with two attached hydrogens (primary N) is 1. The van der Waals surface area contributed by atoms with E-state index in [2.05, 4.69) is 12.2 Å². The van der Waals surface area contributed by atoms with Gasteiger partial charge < -0.3 is 15.8 Å². The summed E-state index contributed by atoms with van der Waals surface area (Å²) in [5.74, 6) is -0.149. The standard InChI is InChI=1S/C15H28N2O3/c1-9(2)13(14(16)18)17-15(19)11(4)20-12-7-5-6-10(3)8-12/h9-13H,5-8H2,1-4H3,(H2,16,18)(H,17,19)/t10-,11-,12+,13-/m1/s1. The minimum Gasteiger partial charge on any atom is -0.368 e. The number of amides is 2. The Morgan fingerprint density at radius 1 is 1.25 bits per heavy atom. The van der Waals surface area contributed by atoms with E-state index in [1.54, 1.807) is 6.92 Å². The lowest BCUT2D eigenvalue weighted by Gasteiger charge is -2.29. The maximum Gasteiger partial charge on any atom is 0.249 e. The molecular weight excluding hydrogens is 256 g/mol. The summed E-state index contributed by atoms with van der Waals surface area (Å²) in [6.45, 7) is 7.64. The van der Waals surface area contributed by atoms with Crippen LogP contribution in [0.15, 0.2) is 0 Å². The van der Waals surface area contributed by atoms with Gasteiger partial charge in [0, 0.05) is 0 Å². The molecule has 1 saturated carbocycles. The third-order valence-corrected chi connectivity index (χ3v) is 3.93. The summed E-state index contributed by atoms with van der Waals surface area (Å²) in [5.41, 5.74) is 5.29. The third-order valence-electron chi connectivity index (χ3n) is 3.93. The van der Waals surface area contributed by atoms with Crippen LogP contribution in [0.2, 0.25) is 0 Å². The molecule has 0 unspecified atom stereocenters. The lowest BCUT2D eigenvalue weighted by molar-refractivity contribution is -0.140. The number of hydrogen-bond donors (Lipinski definition) is 2. The van der Waals surface area contributed by atoms with Crippen LogP contribution in [0, 0.1) is 11.8 Å². The van der Waals surface area contributed by atoms with Crippen molar-refractivity contribution in [2.45, 2.75) is 71.6 Å². The molecule has 0 saturated heterocycles. The van der Waals surface area contributed by atoms with Gasteiger partial charge in [0.1, 0.15) is 12.1 Å². The van der Waals surface area contributed by atoms with Crippen LogP contribution < -0.4 is 11.1 Å². The van der Waals surface area contributed by atoms with Crippen LogP contribution in [0.4, 0.5) is 0 Å². The molecule has 3 N–H and O–H groups in total. The van der Waals surface area contributed by atoms with Crippen molar-refractivity contribution in [3.63, 3.8) is 0 Å². The summed E-state index contributed by atoms with van der Waals surface area (Å²) >= 11 is 0. The molecule has 116 valence electrons. The van der Waals surface area contributed by atoms with Crippen molar-refractivity contribution in [2.75, 3.05) is 0 Å². The highest BCUT2D eigenvalue weighted by molar-refractivity contribution is 5.88. The molecule has 20 heavy (non-hydrogen) atoms. The number of rotatable bonds is 6. The van der Waals surface area contributed by atoms with E-state index in [1.165, 1.54) is 6.42 Å². The normalized spacial score (nSPS) is 26.1. The van der Waals surface area contributed by atoms with Crippen molar-refractivity contribution in [3.05, 3.63) is 0 Å². The van der Waals surface area contributed by atoms with Crippen molar-refractivity contribution in [2.24, 2.45) is 17.6 Å². The number of primary amides is 1. The van der Waals surface area contributed by atoms with Crippen LogP contribution in [0.25, 0.3) is 0 Å². The van der Waals surface area contributed by atoms with Gasteiger partial charge in [-0.2, -0.15) is 0 Å². The van der Waals surface area contributed by atoms with Crippen LogP contribution in [0.5, 0.6) is 0 Å². The monoisotopic (exact) mass is 284 g/mol. The molecule has 1 rings (SSSR count). The molecule has 4 atom stereocenters. The average Bonchev–Trinajstić information content (AvgIpc) is 2.34. The van der Waals surface area contributed by atoms with Gasteiger partial charge >= 0.3 is 0 Å². The van der Waals surface area contributed by atoms with Crippen molar-refractivity contribution in [1.82, 2.24) is 5.32 Å². The summed E-state index contributed by atoms with van der Waals surface area (Å²) in [7, 11) is 0. The van der Waals surface area contributed by atoms with Gasteiger partial charge in [-0.25, -0.2) is 0 Å². The van der Waals surface area contributed by atoms with Crippen molar-refractivity contribution >= 4 is 11.8 Å². The van der Waals surface area contributed by atoms with Crippen molar-refractivity contribution in [1.29, 1.82) is 0 Å². The SMILES string of the molecule is CC(C)[C@@H](NC(=O)[C@@H](C)O[C@H]1CCC[C@@H](C)C1)C(N)=O. The zero-order chi connectivity index (χ0) is 15.3. The first-order chi connectivity index (χ1) is 9.31. The summed E-state index contributed by atoms with van der Waals surface area (Å²) in [6.07, 6.45) is 3.98. The highest BCUT2D eigenvalue weighted by Gasteiger charge is 2.27. The van der Waals surface area contributed by atoms with E-state index in [0.717, 1.165) is 19.3 Å². The summed E-state index contributed by atoms with van der Waals surface area (Å²) < 4.78 is 5.82. The van der Waals surface area contributed by atoms with E-state index in [0.29, 0.717) is 5.92 Å². The molecule has 5 nitrogen and oxygen atoms in total. The van der Waals surface area contributed by atoms with Crippen molar-refractivity contribution in [3.8, 4) is 0 Å². The molecule has 2 amide bonds. The first-order valence-electron chi connectivity index (χ1n) is 7.56. The van der Waals surface area contributed by atoms with E-state index in [9.17, 15) is 9.59 Å². The van der Waals surface area contributed by atoms with Crippen LogP contribution in [-0.2, 0) is 14.3 Å². The number of ether oxygens (including phenoxy) is 1. The zero-order valence-corrected chi connectivity index (χ0v) is 13.0. The van der Waals surface area contributed by atoms with Crippen LogP contribution >= 0.6 is 0 Å². The molecule has 1 aliphatic carbocycles. The first-order valence-corrected chi connectivity index (χ1v) is 7.56. The summed E-state index contributed by atoms with van der Waals surface area (Å²) in [5, 5.41) is 2.68. The predicted octanol–water partition coefficient (Wildman–Crippen LogP) is 1.60. The quantitative estimate of drug-likeness (QED) is 0.777. The fraction of sp³-hybridized carbons (Fsp3) is 0.867. The highest BCUT2D eigenvalue weighted by Crippen LogP contribution is 2.26. The average molecular weight is 284 g/mol. The Hall–Kier alpha value is -1.10. The van der Waals surface area contributed by atoms with Crippen molar-refractivity contribution < 1.29 is 14.3 Å². The van der Waals surface area contributed by atoms with Crippen LogP contribution in [-0.4, -0.2) is 30.1 Å². The minimum absolute atomic E-state index is 0.0293. The Balaban J connectivity index is 2.47. The van der Waals surface area contributed by atoms with Gasteiger partial charge in [0.05, 0.1) is 6.10 Å². The predicted molar refractivity (Wildman–Crippen MR) is 77.9 cm³/mol. The van der Waals surface area contributed by atoms with Crippen LogP contribution in [0.3, 0.4) is 0 Å². The van der Waals surface area contributed by atoms with Crippen LogP contribution in [0.1, 0.15) is 53.4 Å². The number of carbonyl (C=O) groups is 2. The molecule has 1 aliphatic rings. The molecule has 0 spiro atoms. The smallest absolute Gasteiger partial charge is 0.249 e. The topological polar surface area (TPSA) is 81.4 Å². The number of carbonyl (C=O) groups excluding carboxylic acids is 2. The number of hydrogen-bond acceptors (Lipinski definition) is 3. The van der Waals surface area contributed by atoms with E-state index in [-0.39, 0.29) is 17.9 Å². The van der Waals surface area contributed by atoms with Gasteiger partial charge in [-0.05, 0) is 31.6 Å². The molecule has 0 radical (unpaired) electrons. The second-order valence-corrected chi connectivity index (χ2v) is 6.30. The van der Waals surface area contributed by atoms with Gasteiger partial charge in [0.2, 0.25) is 11.8 Å². The Morgan fingerprint density at radius 3 is 2.40 bits per heavy atom. The number of nitrogens with one attached hydrogen (secondary N) is 1. The molecule has 0 aromatic carbocycles. The van der Waals surface area contributed by atoms with Gasteiger partial charge in [0.15, 0.2) is 0 Å². The lowest BCUT2D eigenvalue weighted by atomic mass is 9.88. The van der Waals surface area contributed by atoms with E-state index < -0.39 is 18.1 Å². The molecule has 0 heterocycles. The largest absolute Gasteiger partial charge is 0.368 e. The van der Waals surface area contributed by atoms with E-state index in [4.69, 9.17) is 10.5 Å². The van der Waals surface area contributed by atoms with E-state index >= 15 is 0 Å². The maximum absolute atomic E-state index is 12.1. The Labute approximate surface area is 121 Å². The highest BCUT2D eigenvalue weighted by atomic mass is 16.5. The molecule has 0 aromatic rings. The molecule has 1 fully saturated rings. The molecular formula is C15H28N2O3. The molecule has 0 aliphatic heterocycles. The Morgan fingerprint density at radius 2 is 1.90 bits per heavy atom. The Kier molecular flexibility index (Phi) is 6.46. The van der Waals surface area contributed by atoms with Gasteiger partial charge in [-0.3, -0.25) is 9.59 Å². The zero-order valence-electron chi connectivity index (χ0n) is 13.0. The lowest BCUT2D eigenvalue weighted by Crippen LogP contribution is -2.51. The summed E-state index contributed by atoms with van der Waals surface area (Å²) in [4.78, 5) is 23.4. The van der Waals surface area contributed by atoms with E-state index in [1.807, 2.05) is 13.8 Å². The third kappa shape index (κ3) is 5.12. The fourth-order valence-electron chi connectivity index (χ4n) is 2.69. The van der Waals surface area contributed by atoms with Gasteiger partial charge in [-0.1, -0.05) is 33.6 Å².